The van der Waals surface area contributed by atoms with E-state index in [1.54, 1.807) is 6.07 Å². The molecular formula is C31H36F4N8O. The normalized spacial score (nSPS) is 25.8. The van der Waals surface area contributed by atoms with E-state index in [-0.39, 0.29) is 52.3 Å². The SMILES string of the molecule is Cc1cc(N)c(C#N)c(-c2ncc3c(N4C[C@H]5CC[C@@H](C4)N5)nc(OC[C@]4(C)CN(C)CC[C@@H]4C)nc3c2F)c1C(F)(F)F. The minimum Gasteiger partial charge on any atom is -0.463 e. The Labute approximate surface area is 253 Å². The third kappa shape index (κ3) is 5.28. The second-order valence-electron chi connectivity index (χ2n) is 12.9. The molecule has 5 heterocycles. The number of piperidine rings is 1. The Balaban J connectivity index is 1.52. The molecule has 3 aromatic rings. The zero-order chi connectivity index (χ0) is 31.6. The van der Waals surface area contributed by atoms with Crippen molar-refractivity contribution in [3.05, 3.63) is 34.8 Å². The Morgan fingerprint density at radius 2 is 1.91 bits per heavy atom. The number of aromatic nitrogens is 3. The quantitative estimate of drug-likeness (QED) is 0.306. The van der Waals surface area contributed by atoms with Gasteiger partial charge in [0.15, 0.2) is 5.82 Å². The number of nitrogen functional groups attached to an aromatic ring is 1. The Kier molecular flexibility index (Phi) is 7.57. The molecule has 4 atom stereocenters. The highest BCUT2D eigenvalue weighted by Gasteiger charge is 2.40. The summed E-state index contributed by atoms with van der Waals surface area (Å²) in [6.07, 6.45) is -0.613. The molecule has 9 nitrogen and oxygen atoms in total. The predicted molar refractivity (Wildman–Crippen MR) is 159 cm³/mol. The van der Waals surface area contributed by atoms with Crippen LogP contribution in [0.15, 0.2) is 12.3 Å². The van der Waals surface area contributed by atoms with Crippen molar-refractivity contribution in [3.63, 3.8) is 0 Å². The van der Waals surface area contributed by atoms with Crippen LogP contribution >= 0.6 is 0 Å². The van der Waals surface area contributed by atoms with E-state index >= 15 is 4.39 Å². The van der Waals surface area contributed by atoms with Gasteiger partial charge in [-0.15, -0.1) is 0 Å². The van der Waals surface area contributed by atoms with Gasteiger partial charge in [-0.3, -0.25) is 4.98 Å². The molecule has 0 saturated carbocycles. The zero-order valence-electron chi connectivity index (χ0n) is 25.2. The Morgan fingerprint density at radius 1 is 1.20 bits per heavy atom. The van der Waals surface area contributed by atoms with Gasteiger partial charge in [0, 0.05) is 48.9 Å². The van der Waals surface area contributed by atoms with Crippen LogP contribution in [0.2, 0.25) is 0 Å². The summed E-state index contributed by atoms with van der Waals surface area (Å²) in [5, 5.41) is 13.6. The molecule has 1 aromatic carbocycles. The number of hydrogen-bond acceptors (Lipinski definition) is 9. The van der Waals surface area contributed by atoms with Gasteiger partial charge in [-0.2, -0.15) is 28.4 Å². The summed E-state index contributed by atoms with van der Waals surface area (Å²) >= 11 is 0. The van der Waals surface area contributed by atoms with E-state index in [0.29, 0.717) is 24.8 Å². The lowest BCUT2D eigenvalue weighted by Gasteiger charge is -2.43. The van der Waals surface area contributed by atoms with Crippen molar-refractivity contribution >= 4 is 22.4 Å². The highest BCUT2D eigenvalue weighted by Crippen LogP contribution is 2.44. The van der Waals surface area contributed by atoms with Gasteiger partial charge in [-0.25, -0.2) is 4.39 Å². The number of ether oxygens (including phenoxy) is 1. The van der Waals surface area contributed by atoms with Crippen molar-refractivity contribution in [2.24, 2.45) is 11.3 Å². The van der Waals surface area contributed by atoms with Gasteiger partial charge in [0.25, 0.3) is 0 Å². The monoisotopic (exact) mass is 612 g/mol. The molecule has 3 aliphatic rings. The number of nitrogens with zero attached hydrogens (tertiary/aromatic N) is 6. The van der Waals surface area contributed by atoms with Gasteiger partial charge in [-0.1, -0.05) is 13.8 Å². The summed E-state index contributed by atoms with van der Waals surface area (Å²) in [4.78, 5) is 17.6. The van der Waals surface area contributed by atoms with Crippen LogP contribution in [0.25, 0.3) is 22.2 Å². The fourth-order valence-electron chi connectivity index (χ4n) is 7.07. The Bertz CT molecular complexity index is 1640. The maximum absolute atomic E-state index is 16.6. The van der Waals surface area contributed by atoms with Crippen molar-refractivity contribution in [1.29, 1.82) is 5.26 Å². The molecule has 6 rings (SSSR count). The molecular weight excluding hydrogens is 576 g/mol. The molecule has 0 amide bonds. The van der Waals surface area contributed by atoms with Gasteiger partial charge >= 0.3 is 12.2 Å². The molecule has 0 spiro atoms. The number of anilines is 2. The minimum atomic E-state index is -4.90. The lowest BCUT2D eigenvalue weighted by Crippen LogP contribution is -2.51. The summed E-state index contributed by atoms with van der Waals surface area (Å²) in [5.41, 5.74) is 2.07. The number of aryl methyl sites for hydroxylation is 1. The molecule has 3 N–H and O–H groups in total. The van der Waals surface area contributed by atoms with Crippen LogP contribution in [-0.4, -0.2) is 71.8 Å². The molecule has 2 bridgehead atoms. The first-order valence-corrected chi connectivity index (χ1v) is 14.9. The molecule has 0 unspecified atom stereocenters. The summed E-state index contributed by atoms with van der Waals surface area (Å²) in [5.74, 6) is -0.328. The average Bonchev–Trinajstić information content (AvgIpc) is 3.30. The highest BCUT2D eigenvalue weighted by molar-refractivity contribution is 5.93. The first-order chi connectivity index (χ1) is 20.8. The number of hydrogen-bond donors (Lipinski definition) is 2. The van der Waals surface area contributed by atoms with Crippen LogP contribution < -0.4 is 20.7 Å². The van der Waals surface area contributed by atoms with E-state index in [2.05, 4.69) is 41.1 Å². The number of benzene rings is 1. The van der Waals surface area contributed by atoms with Gasteiger partial charge in [0.05, 0.1) is 28.8 Å². The number of nitriles is 1. The Hall–Kier alpha value is -3.76. The van der Waals surface area contributed by atoms with E-state index in [9.17, 15) is 18.4 Å². The lowest BCUT2D eigenvalue weighted by atomic mass is 9.74. The maximum atomic E-state index is 16.6. The van der Waals surface area contributed by atoms with Crippen LogP contribution in [0, 0.1) is 35.4 Å². The van der Waals surface area contributed by atoms with Crippen molar-refractivity contribution in [1.82, 2.24) is 25.2 Å². The number of halogens is 4. The molecule has 3 fully saturated rings. The van der Waals surface area contributed by atoms with Crippen molar-refractivity contribution in [2.75, 3.05) is 50.5 Å². The molecule has 44 heavy (non-hydrogen) atoms. The minimum absolute atomic E-state index is 0.0589. The van der Waals surface area contributed by atoms with Crippen molar-refractivity contribution in [2.45, 2.75) is 58.3 Å². The largest absolute Gasteiger partial charge is 0.463 e. The number of fused-ring (bicyclic) bond motifs is 3. The van der Waals surface area contributed by atoms with Gasteiger partial charge in [0.1, 0.15) is 23.1 Å². The van der Waals surface area contributed by atoms with Crippen LogP contribution in [0.5, 0.6) is 6.01 Å². The molecule has 2 aromatic heterocycles. The van der Waals surface area contributed by atoms with E-state index in [1.807, 2.05) is 4.90 Å². The molecule has 234 valence electrons. The number of piperazine rings is 1. The number of nitrogens with one attached hydrogen (secondary N) is 1. The first-order valence-electron chi connectivity index (χ1n) is 14.9. The third-order valence-electron chi connectivity index (χ3n) is 9.64. The molecule has 13 heteroatoms. The number of pyridine rings is 1. The summed E-state index contributed by atoms with van der Waals surface area (Å²) in [7, 11) is 2.06. The average molecular weight is 613 g/mol. The first kappa shape index (κ1) is 30.3. The number of likely N-dealkylation sites (tertiary alicyclic amines) is 1. The van der Waals surface area contributed by atoms with E-state index in [0.717, 1.165) is 38.4 Å². The van der Waals surface area contributed by atoms with Crippen LogP contribution in [-0.2, 0) is 6.18 Å². The standard InChI is InChI=1S/C31H36F4N8O/c1-16-9-22(37)20(10-36)23(24(16)31(33,34)35)27-25(32)26-21(11-38-27)28(43-12-18-5-6-19(13-43)39-18)41-29(40-26)44-15-30(3)14-42(4)8-7-17(30)2/h9,11,17-19,39H,5-8,12-15,37H2,1-4H3/t17-,18-,19+,30-/m0/s1. The van der Waals surface area contributed by atoms with Crippen LogP contribution in [0.4, 0.5) is 29.1 Å². The smallest absolute Gasteiger partial charge is 0.417 e. The number of alkyl halides is 3. The van der Waals surface area contributed by atoms with E-state index < -0.39 is 34.4 Å². The number of nitrogens with two attached hydrogens (primary N) is 1. The molecule has 0 aliphatic carbocycles. The number of rotatable bonds is 5. The summed E-state index contributed by atoms with van der Waals surface area (Å²) < 4.78 is 65.9. The van der Waals surface area contributed by atoms with Gasteiger partial charge < -0.3 is 25.6 Å². The topological polar surface area (TPSA) is 116 Å². The second-order valence-corrected chi connectivity index (χ2v) is 12.9. The fraction of sp³-hybridized carbons (Fsp3) is 0.548. The second kappa shape index (κ2) is 11.0. The van der Waals surface area contributed by atoms with Crippen molar-refractivity contribution in [3.8, 4) is 23.3 Å². The molecule has 0 radical (unpaired) electrons. The fourth-order valence-corrected chi connectivity index (χ4v) is 7.07. The maximum Gasteiger partial charge on any atom is 0.417 e. The van der Waals surface area contributed by atoms with Crippen LogP contribution in [0.3, 0.4) is 0 Å². The Morgan fingerprint density at radius 3 is 2.57 bits per heavy atom. The van der Waals surface area contributed by atoms with Crippen LogP contribution in [0.1, 0.15) is 49.8 Å². The third-order valence-corrected chi connectivity index (χ3v) is 9.64. The highest BCUT2D eigenvalue weighted by atomic mass is 19.4. The van der Waals surface area contributed by atoms with Gasteiger partial charge in [-0.05, 0) is 57.3 Å². The summed E-state index contributed by atoms with van der Waals surface area (Å²) in [6, 6.07) is 3.21. The molecule has 3 aliphatic heterocycles. The predicted octanol–water partition coefficient (Wildman–Crippen LogP) is 4.91. The van der Waals surface area contributed by atoms with Gasteiger partial charge in [0.2, 0.25) is 0 Å². The lowest BCUT2D eigenvalue weighted by molar-refractivity contribution is -0.137. The zero-order valence-corrected chi connectivity index (χ0v) is 25.2. The summed E-state index contributed by atoms with van der Waals surface area (Å²) in [6.45, 7) is 8.83. The van der Waals surface area contributed by atoms with E-state index in [4.69, 9.17) is 15.5 Å². The van der Waals surface area contributed by atoms with Crippen molar-refractivity contribution < 1.29 is 22.3 Å². The molecule has 3 saturated heterocycles. The van der Waals surface area contributed by atoms with E-state index in [1.165, 1.54) is 13.1 Å².